The molecule has 1 unspecified atom stereocenters. The van der Waals surface area contributed by atoms with Crippen LogP contribution in [-0.4, -0.2) is 37.2 Å². The van der Waals surface area contributed by atoms with Gasteiger partial charge in [-0.1, -0.05) is 43.7 Å². The smallest absolute Gasteiger partial charge is 0.196 e. The van der Waals surface area contributed by atoms with Gasteiger partial charge >= 0.3 is 0 Å². The van der Waals surface area contributed by atoms with Crippen LogP contribution in [-0.2, 0) is 15.9 Å². The molecule has 25 heavy (non-hydrogen) atoms. The Morgan fingerprint density at radius 1 is 1.16 bits per heavy atom. The molecule has 0 fully saturated rings. The van der Waals surface area contributed by atoms with Crippen LogP contribution in [0.5, 0.6) is 0 Å². The molecule has 0 saturated carbocycles. The first-order chi connectivity index (χ1) is 11.9. The number of hydrogen-bond acceptors (Lipinski definition) is 3. The molecular weight excluding hydrogens is 312 g/mol. The maximum absolute atomic E-state index is 5.40. The molecule has 1 aromatic carbocycles. The summed E-state index contributed by atoms with van der Waals surface area (Å²) in [6.45, 7) is 6.65. The first-order valence-corrected chi connectivity index (χ1v) is 8.80. The molecule has 1 atom stereocenters. The average Bonchev–Trinajstić information content (AvgIpc) is 3.15. The van der Waals surface area contributed by atoms with Gasteiger partial charge in [0.25, 0.3) is 0 Å². The van der Waals surface area contributed by atoms with Crippen LogP contribution >= 0.6 is 0 Å². The van der Waals surface area contributed by atoms with Crippen molar-refractivity contribution < 1.29 is 9.47 Å². The van der Waals surface area contributed by atoms with Crippen molar-refractivity contribution >= 4 is 5.71 Å². The number of methoxy groups -OCH3 is 2. The fourth-order valence-corrected chi connectivity index (χ4v) is 3.61. The number of ether oxygens (including phenoxy) is 2. The predicted molar refractivity (Wildman–Crippen MR) is 102 cm³/mol. The highest BCUT2D eigenvalue weighted by molar-refractivity contribution is 5.90. The lowest BCUT2D eigenvalue weighted by atomic mass is 9.80. The van der Waals surface area contributed by atoms with E-state index in [1.165, 1.54) is 22.4 Å². The molecule has 0 aliphatic carbocycles. The van der Waals surface area contributed by atoms with Crippen LogP contribution in [0.25, 0.3) is 11.1 Å². The minimum absolute atomic E-state index is 0.0836. The van der Waals surface area contributed by atoms with Gasteiger partial charge in [-0.05, 0) is 30.4 Å². The topological polar surface area (TPSA) is 46.6 Å². The van der Waals surface area contributed by atoms with Crippen molar-refractivity contribution in [1.82, 2.24) is 4.98 Å². The predicted octanol–water partition coefficient (Wildman–Crippen LogP) is 4.39. The number of H-pyrrole nitrogens is 1. The zero-order valence-corrected chi connectivity index (χ0v) is 15.8. The van der Waals surface area contributed by atoms with Gasteiger partial charge in [0, 0.05) is 38.1 Å². The zero-order chi connectivity index (χ0) is 18.0. The standard InChI is InChI=1S/C21H28N2O2/c1-14-6-8-15(9-7-14)16-10-11-22-17(16)12-19-21(2,3)13-18(23-19)20(24-4)25-5/h6-11,19-20,22H,12-13H2,1-5H3. The number of aryl methyl sites for hydroxylation is 1. The van der Waals surface area contributed by atoms with E-state index in [1.54, 1.807) is 14.2 Å². The van der Waals surface area contributed by atoms with Crippen LogP contribution in [0.4, 0.5) is 0 Å². The highest BCUT2D eigenvalue weighted by Gasteiger charge is 2.39. The Kier molecular flexibility index (Phi) is 5.11. The molecule has 0 radical (unpaired) electrons. The van der Waals surface area contributed by atoms with Gasteiger partial charge in [0.05, 0.1) is 11.8 Å². The van der Waals surface area contributed by atoms with Gasteiger partial charge in [-0.2, -0.15) is 0 Å². The third-order valence-electron chi connectivity index (χ3n) is 5.15. The van der Waals surface area contributed by atoms with E-state index in [0.717, 1.165) is 18.6 Å². The van der Waals surface area contributed by atoms with Crippen molar-refractivity contribution in [3.8, 4) is 11.1 Å². The molecule has 4 nitrogen and oxygen atoms in total. The summed E-state index contributed by atoms with van der Waals surface area (Å²) < 4.78 is 10.8. The van der Waals surface area contributed by atoms with Gasteiger partial charge < -0.3 is 14.5 Å². The van der Waals surface area contributed by atoms with Crippen molar-refractivity contribution in [1.29, 1.82) is 0 Å². The minimum atomic E-state index is -0.343. The lowest BCUT2D eigenvalue weighted by Crippen LogP contribution is -2.28. The molecule has 2 aromatic rings. The third-order valence-corrected chi connectivity index (χ3v) is 5.15. The maximum Gasteiger partial charge on any atom is 0.196 e. The van der Waals surface area contributed by atoms with Crippen molar-refractivity contribution in [3.63, 3.8) is 0 Å². The second-order valence-electron chi connectivity index (χ2n) is 7.54. The van der Waals surface area contributed by atoms with E-state index >= 15 is 0 Å². The summed E-state index contributed by atoms with van der Waals surface area (Å²) in [4.78, 5) is 8.38. The fraction of sp³-hybridized carbons (Fsp3) is 0.476. The summed E-state index contributed by atoms with van der Waals surface area (Å²) in [5, 5.41) is 0. The Morgan fingerprint density at radius 2 is 1.84 bits per heavy atom. The summed E-state index contributed by atoms with van der Waals surface area (Å²) in [5.41, 5.74) is 6.10. The normalized spacial score (nSPS) is 19.4. The van der Waals surface area contributed by atoms with Gasteiger partial charge in [0.15, 0.2) is 6.29 Å². The quantitative estimate of drug-likeness (QED) is 0.793. The van der Waals surface area contributed by atoms with Crippen molar-refractivity contribution in [2.75, 3.05) is 14.2 Å². The van der Waals surface area contributed by atoms with E-state index in [4.69, 9.17) is 14.5 Å². The van der Waals surface area contributed by atoms with Crippen LogP contribution in [0.1, 0.15) is 31.5 Å². The molecule has 3 rings (SSSR count). The Hall–Kier alpha value is -1.91. The first-order valence-electron chi connectivity index (χ1n) is 8.80. The van der Waals surface area contributed by atoms with E-state index in [9.17, 15) is 0 Å². The molecular formula is C21H28N2O2. The number of benzene rings is 1. The van der Waals surface area contributed by atoms with E-state index < -0.39 is 0 Å². The molecule has 1 aromatic heterocycles. The van der Waals surface area contributed by atoms with Crippen molar-refractivity contribution in [2.24, 2.45) is 10.4 Å². The molecule has 1 aliphatic heterocycles. The van der Waals surface area contributed by atoms with Crippen LogP contribution in [0, 0.1) is 12.3 Å². The highest BCUT2D eigenvalue weighted by atomic mass is 16.7. The van der Waals surface area contributed by atoms with Gasteiger partial charge in [0.1, 0.15) is 0 Å². The van der Waals surface area contributed by atoms with Gasteiger partial charge in [-0.15, -0.1) is 0 Å². The number of aromatic amines is 1. The molecule has 4 heteroatoms. The second-order valence-corrected chi connectivity index (χ2v) is 7.54. The number of nitrogens with zero attached hydrogens (tertiary/aromatic N) is 1. The average molecular weight is 340 g/mol. The second kappa shape index (κ2) is 7.14. The molecule has 0 bridgehead atoms. The van der Waals surface area contributed by atoms with E-state index in [0.29, 0.717) is 0 Å². The Balaban J connectivity index is 1.85. The van der Waals surface area contributed by atoms with Gasteiger partial charge in [-0.25, -0.2) is 0 Å². The summed E-state index contributed by atoms with van der Waals surface area (Å²) >= 11 is 0. The van der Waals surface area contributed by atoms with E-state index in [1.807, 2.05) is 6.20 Å². The largest absolute Gasteiger partial charge is 0.364 e. The Morgan fingerprint density at radius 3 is 2.48 bits per heavy atom. The van der Waals surface area contributed by atoms with Crippen LogP contribution in [0.2, 0.25) is 0 Å². The molecule has 0 saturated heterocycles. The third kappa shape index (κ3) is 3.70. The molecule has 1 aliphatic rings. The van der Waals surface area contributed by atoms with Crippen LogP contribution in [0.15, 0.2) is 41.5 Å². The zero-order valence-electron chi connectivity index (χ0n) is 15.8. The van der Waals surface area contributed by atoms with Crippen molar-refractivity contribution in [3.05, 3.63) is 47.8 Å². The summed E-state index contributed by atoms with van der Waals surface area (Å²) in [7, 11) is 3.33. The van der Waals surface area contributed by atoms with Crippen LogP contribution < -0.4 is 0 Å². The number of aliphatic imine (C=N–C) groups is 1. The number of aromatic nitrogens is 1. The molecule has 2 heterocycles. The van der Waals surface area contributed by atoms with Crippen molar-refractivity contribution in [2.45, 2.75) is 45.9 Å². The van der Waals surface area contributed by atoms with E-state index in [-0.39, 0.29) is 17.7 Å². The number of hydrogen-bond donors (Lipinski definition) is 1. The summed E-state index contributed by atoms with van der Waals surface area (Å²) in [5.74, 6) is 0. The van der Waals surface area contributed by atoms with Crippen LogP contribution in [0.3, 0.4) is 0 Å². The SMILES string of the molecule is COC(OC)C1=NC(Cc2[nH]ccc2-c2ccc(C)cc2)C(C)(C)C1. The summed E-state index contributed by atoms with van der Waals surface area (Å²) in [6, 6.07) is 11.0. The summed E-state index contributed by atoms with van der Waals surface area (Å²) in [6.07, 6.45) is 3.45. The molecule has 134 valence electrons. The number of nitrogens with one attached hydrogen (secondary N) is 1. The van der Waals surface area contributed by atoms with E-state index in [2.05, 4.69) is 56.1 Å². The molecule has 0 spiro atoms. The molecule has 1 N–H and O–H groups in total. The number of rotatable bonds is 6. The minimum Gasteiger partial charge on any atom is -0.364 e. The lowest BCUT2D eigenvalue weighted by molar-refractivity contribution is -0.0532. The Labute approximate surface area is 150 Å². The Bertz CT molecular complexity index is 740. The first kappa shape index (κ1) is 17.9. The lowest BCUT2D eigenvalue weighted by Gasteiger charge is -2.25. The molecule has 0 amide bonds. The fourth-order valence-electron chi connectivity index (χ4n) is 3.61. The highest BCUT2D eigenvalue weighted by Crippen LogP contribution is 2.38. The van der Waals surface area contributed by atoms with Gasteiger partial charge in [0.2, 0.25) is 0 Å². The maximum atomic E-state index is 5.40. The van der Waals surface area contributed by atoms with Gasteiger partial charge in [-0.3, -0.25) is 4.99 Å². The monoisotopic (exact) mass is 340 g/mol.